The van der Waals surface area contributed by atoms with Crippen molar-refractivity contribution in [3.63, 3.8) is 0 Å². The SMILES string of the molecule is C/C(=N\NC(=O)c1ccncc1)c1ccc(O)c(CN2CCCCC2)c1. The lowest BCUT2D eigenvalue weighted by atomic mass is 10.0. The molecule has 0 saturated carbocycles. The number of hydrazone groups is 1. The second-order valence-electron chi connectivity index (χ2n) is 6.55. The monoisotopic (exact) mass is 352 g/mol. The lowest BCUT2D eigenvalue weighted by Crippen LogP contribution is -2.29. The second kappa shape index (κ2) is 8.58. The van der Waals surface area contributed by atoms with Crippen molar-refractivity contribution in [1.82, 2.24) is 15.3 Å². The Morgan fingerprint density at radius 1 is 1.15 bits per heavy atom. The third-order valence-corrected chi connectivity index (χ3v) is 4.61. The number of hydrogen-bond acceptors (Lipinski definition) is 5. The fourth-order valence-electron chi connectivity index (χ4n) is 3.06. The second-order valence-corrected chi connectivity index (χ2v) is 6.55. The molecule has 2 N–H and O–H groups in total. The number of carbonyl (C=O) groups excluding carboxylic acids is 1. The first kappa shape index (κ1) is 18.1. The molecule has 1 aromatic heterocycles. The number of nitrogens with one attached hydrogen (secondary N) is 1. The predicted octanol–water partition coefficient (Wildman–Crippen LogP) is 2.93. The summed E-state index contributed by atoms with van der Waals surface area (Å²) in [4.78, 5) is 18.3. The van der Waals surface area contributed by atoms with Crippen LogP contribution >= 0.6 is 0 Å². The van der Waals surface area contributed by atoms with Crippen molar-refractivity contribution in [2.45, 2.75) is 32.7 Å². The third kappa shape index (κ3) is 4.67. The minimum Gasteiger partial charge on any atom is -0.508 e. The Kier molecular flexibility index (Phi) is 5.96. The van der Waals surface area contributed by atoms with Crippen LogP contribution in [0, 0.1) is 0 Å². The van der Waals surface area contributed by atoms with Crippen molar-refractivity contribution in [2.75, 3.05) is 13.1 Å². The van der Waals surface area contributed by atoms with Crippen LogP contribution in [0.2, 0.25) is 0 Å². The molecular weight excluding hydrogens is 328 g/mol. The summed E-state index contributed by atoms with van der Waals surface area (Å²) >= 11 is 0. The summed E-state index contributed by atoms with van der Waals surface area (Å²) in [5.41, 5.74) is 5.52. The highest BCUT2D eigenvalue weighted by Gasteiger charge is 2.13. The summed E-state index contributed by atoms with van der Waals surface area (Å²) in [6, 6.07) is 8.72. The smallest absolute Gasteiger partial charge is 0.271 e. The zero-order valence-electron chi connectivity index (χ0n) is 15.0. The number of benzene rings is 1. The number of likely N-dealkylation sites (tertiary alicyclic amines) is 1. The number of nitrogens with zero attached hydrogens (tertiary/aromatic N) is 3. The number of aromatic hydroxyl groups is 1. The van der Waals surface area contributed by atoms with E-state index >= 15 is 0 Å². The fourth-order valence-corrected chi connectivity index (χ4v) is 3.06. The van der Waals surface area contributed by atoms with Gasteiger partial charge < -0.3 is 5.11 Å². The molecule has 0 atom stereocenters. The van der Waals surface area contributed by atoms with Crippen molar-refractivity contribution in [3.8, 4) is 5.75 Å². The zero-order valence-corrected chi connectivity index (χ0v) is 15.0. The van der Waals surface area contributed by atoms with E-state index in [0.717, 1.165) is 30.8 Å². The van der Waals surface area contributed by atoms with Gasteiger partial charge in [0.1, 0.15) is 5.75 Å². The van der Waals surface area contributed by atoms with Crippen LogP contribution in [0.15, 0.2) is 47.8 Å². The van der Waals surface area contributed by atoms with Crippen LogP contribution in [0.5, 0.6) is 5.75 Å². The molecule has 2 heterocycles. The highest BCUT2D eigenvalue weighted by molar-refractivity contribution is 6.01. The van der Waals surface area contributed by atoms with Gasteiger partial charge in [-0.2, -0.15) is 5.10 Å². The van der Waals surface area contributed by atoms with Crippen molar-refractivity contribution < 1.29 is 9.90 Å². The molecule has 6 heteroatoms. The number of phenolic OH excluding ortho intramolecular Hbond substituents is 1. The van der Waals surface area contributed by atoms with Gasteiger partial charge in [0, 0.05) is 30.1 Å². The molecule has 1 saturated heterocycles. The van der Waals surface area contributed by atoms with Gasteiger partial charge in [-0.3, -0.25) is 14.7 Å². The Balaban J connectivity index is 1.69. The van der Waals surface area contributed by atoms with Gasteiger partial charge >= 0.3 is 0 Å². The largest absolute Gasteiger partial charge is 0.508 e. The number of aromatic nitrogens is 1. The number of amides is 1. The third-order valence-electron chi connectivity index (χ3n) is 4.61. The molecular formula is C20H24N4O2. The normalized spacial score (nSPS) is 15.7. The summed E-state index contributed by atoms with van der Waals surface area (Å²) in [5, 5.41) is 14.4. The van der Waals surface area contributed by atoms with E-state index in [4.69, 9.17) is 0 Å². The molecule has 0 radical (unpaired) electrons. The number of phenols is 1. The van der Waals surface area contributed by atoms with Gasteiger partial charge in [0.05, 0.1) is 5.71 Å². The van der Waals surface area contributed by atoms with E-state index < -0.39 is 0 Å². The molecule has 136 valence electrons. The highest BCUT2D eigenvalue weighted by atomic mass is 16.3. The van der Waals surface area contributed by atoms with E-state index in [2.05, 4.69) is 20.4 Å². The van der Waals surface area contributed by atoms with E-state index in [1.807, 2.05) is 19.1 Å². The standard InChI is InChI=1S/C20H24N4O2/c1-15(22-23-20(26)16-7-9-21-10-8-16)17-5-6-19(25)18(13-17)14-24-11-3-2-4-12-24/h5-10,13,25H,2-4,11-12,14H2,1H3,(H,23,26)/b22-15+. The molecule has 1 aliphatic heterocycles. The molecule has 6 nitrogen and oxygen atoms in total. The lowest BCUT2D eigenvalue weighted by Gasteiger charge is -2.26. The number of hydrogen-bond donors (Lipinski definition) is 2. The molecule has 2 aromatic rings. The van der Waals surface area contributed by atoms with E-state index in [1.165, 1.54) is 19.3 Å². The Labute approximate surface area is 153 Å². The molecule has 0 aliphatic carbocycles. The van der Waals surface area contributed by atoms with Crippen LogP contribution in [0.25, 0.3) is 0 Å². The summed E-state index contributed by atoms with van der Waals surface area (Å²) in [5.74, 6) is 0.0204. The van der Waals surface area contributed by atoms with E-state index in [1.54, 1.807) is 30.6 Å². The van der Waals surface area contributed by atoms with Gasteiger partial charge in [-0.1, -0.05) is 6.42 Å². The Bertz CT molecular complexity index is 784. The first-order valence-corrected chi connectivity index (χ1v) is 8.93. The number of pyridine rings is 1. The highest BCUT2D eigenvalue weighted by Crippen LogP contribution is 2.22. The topological polar surface area (TPSA) is 77.8 Å². The molecule has 1 aromatic carbocycles. The van der Waals surface area contributed by atoms with Crippen molar-refractivity contribution in [2.24, 2.45) is 5.10 Å². The Morgan fingerprint density at radius 2 is 1.88 bits per heavy atom. The molecule has 1 fully saturated rings. The van der Waals surface area contributed by atoms with Crippen LogP contribution in [-0.4, -0.2) is 39.7 Å². The summed E-state index contributed by atoms with van der Waals surface area (Å²) in [6.45, 7) is 4.71. The summed E-state index contributed by atoms with van der Waals surface area (Å²) < 4.78 is 0. The Morgan fingerprint density at radius 3 is 2.62 bits per heavy atom. The van der Waals surface area contributed by atoms with Gasteiger partial charge in [-0.25, -0.2) is 5.43 Å². The number of piperidine rings is 1. The zero-order chi connectivity index (χ0) is 18.4. The van der Waals surface area contributed by atoms with E-state index in [-0.39, 0.29) is 5.91 Å². The van der Waals surface area contributed by atoms with Gasteiger partial charge in [0.2, 0.25) is 0 Å². The molecule has 26 heavy (non-hydrogen) atoms. The Hall–Kier alpha value is -2.73. The maximum atomic E-state index is 12.1. The maximum Gasteiger partial charge on any atom is 0.271 e. The summed E-state index contributed by atoms with van der Waals surface area (Å²) in [7, 11) is 0. The minimum atomic E-state index is -0.279. The lowest BCUT2D eigenvalue weighted by molar-refractivity contribution is 0.0954. The van der Waals surface area contributed by atoms with Crippen LogP contribution in [0.3, 0.4) is 0 Å². The molecule has 0 bridgehead atoms. The van der Waals surface area contributed by atoms with Gasteiger partial charge in [0.15, 0.2) is 0 Å². The van der Waals surface area contributed by atoms with Gasteiger partial charge in [-0.05, 0) is 68.8 Å². The molecule has 0 unspecified atom stereocenters. The van der Waals surface area contributed by atoms with Crippen LogP contribution < -0.4 is 5.43 Å². The minimum absolute atomic E-state index is 0.279. The molecule has 3 rings (SSSR count). The fraction of sp³-hybridized carbons (Fsp3) is 0.350. The molecule has 1 amide bonds. The first-order valence-electron chi connectivity index (χ1n) is 8.93. The average molecular weight is 352 g/mol. The molecule has 1 aliphatic rings. The van der Waals surface area contributed by atoms with Crippen molar-refractivity contribution >= 4 is 11.6 Å². The maximum absolute atomic E-state index is 12.1. The summed E-state index contributed by atoms with van der Waals surface area (Å²) in [6.07, 6.45) is 6.84. The first-order chi connectivity index (χ1) is 12.6. The number of rotatable bonds is 5. The molecule has 0 spiro atoms. The predicted molar refractivity (Wildman–Crippen MR) is 101 cm³/mol. The number of carbonyl (C=O) groups is 1. The van der Waals surface area contributed by atoms with Crippen LogP contribution in [0.4, 0.5) is 0 Å². The van der Waals surface area contributed by atoms with Crippen molar-refractivity contribution in [1.29, 1.82) is 0 Å². The van der Waals surface area contributed by atoms with Crippen LogP contribution in [-0.2, 0) is 6.54 Å². The quantitative estimate of drug-likeness (QED) is 0.641. The van der Waals surface area contributed by atoms with Crippen LogP contribution in [0.1, 0.15) is 47.7 Å². The van der Waals surface area contributed by atoms with Gasteiger partial charge in [0.25, 0.3) is 5.91 Å². The van der Waals surface area contributed by atoms with Crippen molar-refractivity contribution in [3.05, 3.63) is 59.4 Å². The van der Waals surface area contributed by atoms with E-state index in [0.29, 0.717) is 17.0 Å². The van der Waals surface area contributed by atoms with E-state index in [9.17, 15) is 9.90 Å². The average Bonchev–Trinajstić information content (AvgIpc) is 2.69. The van der Waals surface area contributed by atoms with Gasteiger partial charge in [-0.15, -0.1) is 0 Å².